The molecule has 0 unspecified atom stereocenters. The zero-order chi connectivity index (χ0) is 13.0. The molecule has 0 fully saturated rings. The van der Waals surface area contributed by atoms with Gasteiger partial charge in [0.05, 0.1) is 11.9 Å². The fraction of sp³-hybridized carbons (Fsp3) is 0.538. The smallest absolute Gasteiger partial charge is 0.228 e. The van der Waals surface area contributed by atoms with E-state index in [1.165, 1.54) is 0 Å². The Hall–Kier alpha value is -1.58. The van der Waals surface area contributed by atoms with Gasteiger partial charge >= 0.3 is 0 Å². The number of rotatable bonds is 4. The molecule has 0 aromatic carbocycles. The molecule has 0 saturated heterocycles. The van der Waals surface area contributed by atoms with Crippen LogP contribution in [0.15, 0.2) is 18.3 Å². The molecular formula is C13H21N3O. The van der Waals surface area contributed by atoms with E-state index in [0.717, 1.165) is 0 Å². The van der Waals surface area contributed by atoms with Gasteiger partial charge in [-0.15, -0.1) is 0 Å². The number of anilines is 2. The summed E-state index contributed by atoms with van der Waals surface area (Å²) in [6, 6.07) is 3.64. The van der Waals surface area contributed by atoms with Crippen molar-refractivity contribution in [2.45, 2.75) is 40.2 Å². The molecule has 1 aromatic rings. The lowest BCUT2D eigenvalue weighted by Crippen LogP contribution is -2.38. The maximum absolute atomic E-state index is 12.1. The highest BCUT2D eigenvalue weighted by Gasteiger charge is 2.20. The molecule has 0 atom stereocenters. The Labute approximate surface area is 103 Å². The monoisotopic (exact) mass is 235 g/mol. The fourth-order valence-electron chi connectivity index (χ4n) is 1.67. The van der Waals surface area contributed by atoms with E-state index in [9.17, 15) is 4.79 Å². The highest BCUT2D eigenvalue weighted by atomic mass is 16.2. The van der Waals surface area contributed by atoms with Crippen molar-refractivity contribution in [1.29, 1.82) is 0 Å². The summed E-state index contributed by atoms with van der Waals surface area (Å²) in [5.41, 5.74) is 6.20. The van der Waals surface area contributed by atoms with Gasteiger partial charge in [-0.1, -0.05) is 13.8 Å². The summed E-state index contributed by atoms with van der Waals surface area (Å²) in [5.74, 6) is 1.12. The van der Waals surface area contributed by atoms with Gasteiger partial charge < -0.3 is 5.73 Å². The lowest BCUT2D eigenvalue weighted by atomic mass is 10.1. The van der Waals surface area contributed by atoms with Gasteiger partial charge in [0.15, 0.2) is 0 Å². The average molecular weight is 235 g/mol. The first kappa shape index (κ1) is 13.5. The van der Waals surface area contributed by atoms with E-state index in [1.807, 2.05) is 27.7 Å². The van der Waals surface area contributed by atoms with Crippen LogP contribution < -0.4 is 10.6 Å². The molecule has 0 aliphatic rings. The van der Waals surface area contributed by atoms with Crippen molar-refractivity contribution in [3.05, 3.63) is 18.3 Å². The largest absolute Gasteiger partial charge is 0.397 e. The molecule has 4 nitrogen and oxygen atoms in total. The summed E-state index contributed by atoms with van der Waals surface area (Å²) < 4.78 is 0. The van der Waals surface area contributed by atoms with Crippen LogP contribution in [0.25, 0.3) is 0 Å². The zero-order valence-corrected chi connectivity index (χ0v) is 11.0. The standard InChI is InChI=1S/C13H21N3O/c1-9(2)7-13(17)16(10(3)4)12-6-5-11(14)8-15-12/h5-6,8-10H,7,14H2,1-4H3. The Kier molecular flexibility index (Phi) is 4.49. The molecule has 0 spiro atoms. The van der Waals surface area contributed by atoms with E-state index in [-0.39, 0.29) is 11.9 Å². The molecule has 0 radical (unpaired) electrons. The predicted molar refractivity (Wildman–Crippen MR) is 70.7 cm³/mol. The van der Waals surface area contributed by atoms with Gasteiger partial charge in [0.1, 0.15) is 5.82 Å². The maximum Gasteiger partial charge on any atom is 0.228 e. The molecule has 1 rings (SSSR count). The average Bonchev–Trinajstić information content (AvgIpc) is 2.19. The van der Waals surface area contributed by atoms with Gasteiger partial charge in [0.2, 0.25) is 5.91 Å². The Balaban J connectivity index is 2.93. The first-order valence-electron chi connectivity index (χ1n) is 5.95. The molecule has 0 bridgehead atoms. The van der Waals surface area contributed by atoms with Crippen LogP contribution in [0.3, 0.4) is 0 Å². The normalized spacial score (nSPS) is 10.9. The summed E-state index contributed by atoms with van der Waals surface area (Å²) in [5, 5.41) is 0. The van der Waals surface area contributed by atoms with Crippen LogP contribution in [0.5, 0.6) is 0 Å². The molecule has 1 heterocycles. The van der Waals surface area contributed by atoms with E-state index in [0.29, 0.717) is 23.8 Å². The molecule has 17 heavy (non-hydrogen) atoms. The minimum absolute atomic E-state index is 0.0948. The van der Waals surface area contributed by atoms with Gasteiger partial charge in [0, 0.05) is 12.5 Å². The second-order valence-electron chi connectivity index (χ2n) is 4.91. The summed E-state index contributed by atoms with van der Waals surface area (Å²) in [4.78, 5) is 18.1. The Morgan fingerprint density at radius 1 is 1.35 bits per heavy atom. The number of nitrogens with zero attached hydrogens (tertiary/aromatic N) is 2. The number of amides is 1. The Morgan fingerprint density at radius 3 is 2.41 bits per heavy atom. The predicted octanol–water partition coefficient (Wildman–Crippen LogP) is 2.45. The first-order chi connectivity index (χ1) is 7.91. The minimum atomic E-state index is 0.0948. The van der Waals surface area contributed by atoms with Crippen molar-refractivity contribution in [3.63, 3.8) is 0 Å². The molecule has 0 saturated carbocycles. The van der Waals surface area contributed by atoms with Crippen LogP contribution in [-0.2, 0) is 4.79 Å². The number of hydrogen-bond donors (Lipinski definition) is 1. The molecule has 0 aliphatic heterocycles. The summed E-state index contributed by atoms with van der Waals surface area (Å²) in [6.45, 7) is 8.03. The highest BCUT2D eigenvalue weighted by Crippen LogP contribution is 2.18. The molecule has 1 amide bonds. The van der Waals surface area contributed by atoms with E-state index >= 15 is 0 Å². The van der Waals surface area contributed by atoms with Crippen LogP contribution in [0.1, 0.15) is 34.1 Å². The molecule has 1 aromatic heterocycles. The zero-order valence-electron chi connectivity index (χ0n) is 11.0. The van der Waals surface area contributed by atoms with Crippen molar-refractivity contribution in [2.24, 2.45) is 5.92 Å². The summed E-state index contributed by atoms with van der Waals surface area (Å²) in [7, 11) is 0. The lowest BCUT2D eigenvalue weighted by Gasteiger charge is -2.26. The second-order valence-corrected chi connectivity index (χ2v) is 4.91. The number of carbonyl (C=O) groups is 1. The van der Waals surface area contributed by atoms with Crippen molar-refractivity contribution in [2.75, 3.05) is 10.6 Å². The topological polar surface area (TPSA) is 59.2 Å². The second kappa shape index (κ2) is 5.66. The van der Waals surface area contributed by atoms with E-state index in [1.54, 1.807) is 23.2 Å². The summed E-state index contributed by atoms with van der Waals surface area (Å²) in [6.07, 6.45) is 2.11. The highest BCUT2D eigenvalue weighted by molar-refractivity contribution is 5.93. The van der Waals surface area contributed by atoms with Crippen LogP contribution in [0, 0.1) is 5.92 Å². The van der Waals surface area contributed by atoms with Crippen molar-refractivity contribution < 1.29 is 4.79 Å². The quantitative estimate of drug-likeness (QED) is 0.872. The van der Waals surface area contributed by atoms with Crippen LogP contribution in [0.4, 0.5) is 11.5 Å². The number of aromatic nitrogens is 1. The van der Waals surface area contributed by atoms with Crippen molar-refractivity contribution in [1.82, 2.24) is 4.98 Å². The number of pyridine rings is 1. The third-order valence-corrected chi connectivity index (χ3v) is 2.39. The first-order valence-corrected chi connectivity index (χ1v) is 5.95. The number of nitrogen functional groups attached to an aromatic ring is 1. The Morgan fingerprint density at radius 2 is 2.00 bits per heavy atom. The maximum atomic E-state index is 12.1. The van der Waals surface area contributed by atoms with Crippen LogP contribution >= 0.6 is 0 Å². The number of carbonyl (C=O) groups excluding carboxylic acids is 1. The third-order valence-electron chi connectivity index (χ3n) is 2.39. The van der Waals surface area contributed by atoms with Crippen LogP contribution in [0.2, 0.25) is 0 Å². The fourth-order valence-corrected chi connectivity index (χ4v) is 1.67. The minimum Gasteiger partial charge on any atom is -0.397 e. The van der Waals surface area contributed by atoms with E-state index in [2.05, 4.69) is 4.98 Å². The SMILES string of the molecule is CC(C)CC(=O)N(c1ccc(N)cn1)C(C)C. The number of nitrogens with two attached hydrogens (primary N) is 1. The van der Waals surface area contributed by atoms with Crippen molar-refractivity contribution >= 4 is 17.4 Å². The van der Waals surface area contributed by atoms with E-state index in [4.69, 9.17) is 5.73 Å². The van der Waals surface area contributed by atoms with Gasteiger partial charge in [-0.2, -0.15) is 0 Å². The van der Waals surface area contributed by atoms with Gasteiger partial charge in [-0.25, -0.2) is 4.98 Å². The lowest BCUT2D eigenvalue weighted by molar-refractivity contribution is -0.119. The van der Waals surface area contributed by atoms with Gasteiger partial charge in [-0.3, -0.25) is 9.69 Å². The molecule has 4 heteroatoms. The van der Waals surface area contributed by atoms with Gasteiger partial charge in [-0.05, 0) is 31.9 Å². The number of hydrogen-bond acceptors (Lipinski definition) is 3. The third kappa shape index (κ3) is 3.73. The Bertz CT molecular complexity index is 371. The molecule has 94 valence electrons. The molecular weight excluding hydrogens is 214 g/mol. The molecule has 0 aliphatic carbocycles. The van der Waals surface area contributed by atoms with E-state index < -0.39 is 0 Å². The molecule has 2 N–H and O–H groups in total. The van der Waals surface area contributed by atoms with Crippen molar-refractivity contribution in [3.8, 4) is 0 Å². The summed E-state index contributed by atoms with van der Waals surface area (Å²) >= 11 is 0. The van der Waals surface area contributed by atoms with Crippen LogP contribution in [-0.4, -0.2) is 16.9 Å². The van der Waals surface area contributed by atoms with Gasteiger partial charge in [0.25, 0.3) is 0 Å².